The van der Waals surface area contributed by atoms with E-state index in [0.29, 0.717) is 38.9 Å². The van der Waals surface area contributed by atoms with Crippen molar-refractivity contribution in [2.75, 3.05) is 19.6 Å². The average molecular weight is 555 g/mol. The van der Waals surface area contributed by atoms with Gasteiger partial charge in [0, 0.05) is 39.1 Å². The zero-order valence-electron chi connectivity index (χ0n) is 19.1. The van der Waals surface area contributed by atoms with Crippen molar-refractivity contribution in [1.29, 1.82) is 0 Å². The number of piperidine rings is 3. The number of amides is 2. The number of hydrogen-bond donors (Lipinski definition) is 2. The summed E-state index contributed by atoms with van der Waals surface area (Å²) in [5.41, 5.74) is 0.738. The minimum atomic E-state index is -0.778. The fourth-order valence-electron chi connectivity index (χ4n) is 5.45. The van der Waals surface area contributed by atoms with E-state index in [1.807, 2.05) is 0 Å². The van der Waals surface area contributed by atoms with Crippen LogP contribution in [0.2, 0.25) is 20.1 Å². The third-order valence-corrected chi connectivity index (χ3v) is 8.81. The van der Waals surface area contributed by atoms with Crippen LogP contribution in [0.5, 0.6) is 0 Å². The summed E-state index contributed by atoms with van der Waals surface area (Å²) in [4.78, 5) is 29.5. The van der Waals surface area contributed by atoms with Gasteiger partial charge in [-0.1, -0.05) is 58.5 Å². The summed E-state index contributed by atoms with van der Waals surface area (Å²) in [6.07, 6.45) is 3.76. The van der Waals surface area contributed by atoms with Gasteiger partial charge in [0.2, 0.25) is 11.8 Å². The second-order valence-electron chi connectivity index (χ2n) is 9.93. The van der Waals surface area contributed by atoms with E-state index in [1.54, 1.807) is 36.4 Å². The van der Waals surface area contributed by atoms with Crippen molar-refractivity contribution in [3.05, 3.63) is 67.6 Å². The maximum atomic E-state index is 13.6. The fraction of sp³-hybridized carbons (Fsp3) is 0.462. The summed E-state index contributed by atoms with van der Waals surface area (Å²) in [6, 6.07) is 9.69. The van der Waals surface area contributed by atoms with Gasteiger partial charge >= 0.3 is 0 Å². The summed E-state index contributed by atoms with van der Waals surface area (Å²) >= 11 is 25.0. The Balaban J connectivity index is 1.37. The van der Waals surface area contributed by atoms with Crippen LogP contribution < -0.4 is 10.6 Å². The molecule has 2 atom stereocenters. The Kier molecular flexibility index (Phi) is 7.26. The Morgan fingerprint density at radius 2 is 1.63 bits per heavy atom. The average Bonchev–Trinajstić information content (AvgIpc) is 3.63. The lowest BCUT2D eigenvalue weighted by Crippen LogP contribution is -2.60. The van der Waals surface area contributed by atoms with Gasteiger partial charge < -0.3 is 15.5 Å². The topological polar surface area (TPSA) is 61.4 Å². The van der Waals surface area contributed by atoms with Gasteiger partial charge in [0.05, 0.1) is 5.41 Å². The Bertz CT molecular complexity index is 1150. The van der Waals surface area contributed by atoms with Crippen LogP contribution in [0.3, 0.4) is 0 Å². The van der Waals surface area contributed by atoms with Gasteiger partial charge in [-0.25, -0.2) is 0 Å². The molecular formula is C26H27Cl4N3O2. The number of benzene rings is 2. The fourth-order valence-corrected chi connectivity index (χ4v) is 6.52. The first-order valence-corrected chi connectivity index (χ1v) is 13.5. The molecule has 0 spiro atoms. The van der Waals surface area contributed by atoms with Crippen molar-refractivity contribution in [2.45, 2.75) is 49.6 Å². The summed E-state index contributed by atoms with van der Waals surface area (Å²) in [6.45, 7) is 3.02. The van der Waals surface area contributed by atoms with Crippen LogP contribution in [0.4, 0.5) is 0 Å². The van der Waals surface area contributed by atoms with Crippen LogP contribution >= 0.6 is 46.4 Å². The third-order valence-electron chi connectivity index (χ3n) is 7.68. The molecule has 9 heteroatoms. The SMILES string of the molecule is O=C(NC1CN2CCC1CC2)[C@H](Cc1ccc(Cl)cc1Cl)NC(=O)C1(c2ccc(Cl)cc2Cl)CC1. The van der Waals surface area contributed by atoms with Crippen LogP contribution in [0.15, 0.2) is 36.4 Å². The van der Waals surface area contributed by atoms with E-state index in [4.69, 9.17) is 46.4 Å². The number of nitrogens with one attached hydrogen (secondary N) is 2. The molecule has 2 bridgehead atoms. The van der Waals surface area contributed by atoms with Gasteiger partial charge in [0.1, 0.15) is 6.04 Å². The van der Waals surface area contributed by atoms with E-state index in [-0.39, 0.29) is 24.3 Å². The minimum Gasteiger partial charge on any atom is -0.350 e. The van der Waals surface area contributed by atoms with Gasteiger partial charge in [0.15, 0.2) is 0 Å². The van der Waals surface area contributed by atoms with E-state index < -0.39 is 11.5 Å². The standard InChI is InChI=1S/C26H27Cl4N3O2/c27-17-2-1-16(20(29)12-17)11-22(24(34)31-23-14-33-9-5-15(23)6-10-33)32-25(35)26(7-8-26)19-4-3-18(28)13-21(19)30/h1-4,12-13,15,22-23H,5-11,14H2,(H,31,34)(H,32,35)/t22-,23?/m0/s1. The van der Waals surface area contributed by atoms with Crippen molar-refractivity contribution in [2.24, 2.45) is 5.92 Å². The highest BCUT2D eigenvalue weighted by Gasteiger charge is 2.53. The number of nitrogens with zero attached hydrogens (tertiary/aromatic N) is 1. The molecule has 1 aliphatic carbocycles. The molecule has 0 radical (unpaired) electrons. The van der Waals surface area contributed by atoms with Gasteiger partial charge in [-0.15, -0.1) is 0 Å². The van der Waals surface area contributed by atoms with E-state index >= 15 is 0 Å². The maximum absolute atomic E-state index is 13.6. The Labute approximate surface area is 225 Å². The highest BCUT2D eigenvalue weighted by molar-refractivity contribution is 6.35. The third kappa shape index (κ3) is 5.30. The predicted molar refractivity (Wildman–Crippen MR) is 141 cm³/mol. The number of rotatable bonds is 7. The monoisotopic (exact) mass is 553 g/mol. The molecule has 2 aromatic rings. The van der Waals surface area contributed by atoms with Gasteiger partial charge in [-0.2, -0.15) is 0 Å². The first-order valence-electron chi connectivity index (χ1n) is 12.0. The molecule has 186 valence electrons. The van der Waals surface area contributed by atoms with Crippen molar-refractivity contribution in [3.63, 3.8) is 0 Å². The van der Waals surface area contributed by atoms with E-state index in [1.165, 1.54) is 0 Å². The zero-order chi connectivity index (χ0) is 24.7. The molecule has 1 saturated carbocycles. The molecule has 4 aliphatic rings. The number of carbonyl (C=O) groups excluding carboxylic acids is 2. The number of fused-ring (bicyclic) bond motifs is 3. The van der Waals surface area contributed by atoms with E-state index in [0.717, 1.165) is 43.6 Å². The summed E-state index contributed by atoms with van der Waals surface area (Å²) in [5.74, 6) is 0.0732. The van der Waals surface area contributed by atoms with Crippen LogP contribution in [0.1, 0.15) is 36.8 Å². The largest absolute Gasteiger partial charge is 0.350 e. The van der Waals surface area contributed by atoms with Crippen molar-refractivity contribution >= 4 is 58.2 Å². The minimum absolute atomic E-state index is 0.0886. The quantitative estimate of drug-likeness (QED) is 0.490. The Morgan fingerprint density at radius 1 is 0.971 bits per heavy atom. The summed E-state index contributed by atoms with van der Waals surface area (Å²) in [7, 11) is 0. The lowest BCUT2D eigenvalue weighted by atomic mass is 9.84. The molecule has 35 heavy (non-hydrogen) atoms. The molecule has 3 aliphatic heterocycles. The van der Waals surface area contributed by atoms with Crippen LogP contribution in [0, 0.1) is 5.92 Å². The second kappa shape index (κ2) is 10.1. The summed E-state index contributed by atoms with van der Waals surface area (Å²) < 4.78 is 0. The Hall–Kier alpha value is -1.50. The van der Waals surface area contributed by atoms with Crippen molar-refractivity contribution < 1.29 is 9.59 Å². The molecule has 2 amide bonds. The van der Waals surface area contributed by atoms with Gasteiger partial charge in [0.25, 0.3) is 0 Å². The molecule has 2 aromatic carbocycles. The number of carbonyl (C=O) groups is 2. The van der Waals surface area contributed by atoms with Crippen molar-refractivity contribution in [3.8, 4) is 0 Å². The van der Waals surface area contributed by atoms with Crippen molar-refractivity contribution in [1.82, 2.24) is 15.5 Å². The second-order valence-corrected chi connectivity index (χ2v) is 11.6. The molecule has 3 heterocycles. The number of halogens is 4. The molecule has 6 rings (SSSR count). The highest BCUT2D eigenvalue weighted by atomic mass is 35.5. The van der Waals surface area contributed by atoms with E-state index in [2.05, 4.69) is 15.5 Å². The molecule has 5 nitrogen and oxygen atoms in total. The maximum Gasteiger partial charge on any atom is 0.243 e. The molecule has 0 aromatic heterocycles. The summed E-state index contributed by atoms with van der Waals surface area (Å²) in [5, 5.41) is 8.22. The number of hydrogen-bond acceptors (Lipinski definition) is 3. The van der Waals surface area contributed by atoms with Gasteiger partial charge in [-0.05, 0) is 80.1 Å². The molecule has 2 N–H and O–H groups in total. The van der Waals surface area contributed by atoms with Crippen LogP contribution in [-0.4, -0.2) is 48.4 Å². The van der Waals surface area contributed by atoms with Crippen LogP contribution in [-0.2, 0) is 21.4 Å². The predicted octanol–water partition coefficient (Wildman–Crippen LogP) is 5.27. The lowest BCUT2D eigenvalue weighted by Gasteiger charge is -2.45. The molecule has 1 unspecified atom stereocenters. The first-order chi connectivity index (χ1) is 16.7. The molecule has 3 saturated heterocycles. The molecular weight excluding hydrogens is 528 g/mol. The van der Waals surface area contributed by atoms with Crippen LogP contribution in [0.25, 0.3) is 0 Å². The lowest BCUT2D eigenvalue weighted by molar-refractivity contribution is -0.131. The first kappa shape index (κ1) is 25.2. The highest BCUT2D eigenvalue weighted by Crippen LogP contribution is 2.51. The van der Waals surface area contributed by atoms with Gasteiger partial charge in [-0.3, -0.25) is 9.59 Å². The Morgan fingerprint density at radius 3 is 2.20 bits per heavy atom. The normalized spacial score (nSPS) is 25.1. The zero-order valence-corrected chi connectivity index (χ0v) is 22.2. The smallest absolute Gasteiger partial charge is 0.243 e. The van der Waals surface area contributed by atoms with E-state index in [9.17, 15) is 9.59 Å². The molecule has 4 fully saturated rings.